The van der Waals surface area contributed by atoms with Crippen LogP contribution >= 0.6 is 0 Å². The predicted octanol–water partition coefficient (Wildman–Crippen LogP) is 3.60. The molecule has 0 saturated heterocycles. The van der Waals surface area contributed by atoms with Gasteiger partial charge >= 0.3 is 0 Å². The molecule has 1 unspecified atom stereocenters. The fraction of sp³-hybridized carbons (Fsp3) is 0.368. The molecular formula is C19H23NO. The van der Waals surface area contributed by atoms with Crippen molar-refractivity contribution in [2.24, 2.45) is 0 Å². The summed E-state index contributed by atoms with van der Waals surface area (Å²) in [5.74, 6) is 0. The molecule has 110 valence electrons. The van der Waals surface area contributed by atoms with Crippen LogP contribution < -0.4 is 0 Å². The summed E-state index contributed by atoms with van der Waals surface area (Å²) in [7, 11) is 0. The number of nitrogens with zero attached hydrogens (tertiary/aromatic N) is 1. The van der Waals surface area contributed by atoms with Crippen LogP contribution in [0.1, 0.15) is 30.4 Å². The van der Waals surface area contributed by atoms with Crippen LogP contribution in [0.4, 0.5) is 0 Å². The first-order chi connectivity index (χ1) is 10.3. The van der Waals surface area contributed by atoms with Gasteiger partial charge in [-0.1, -0.05) is 60.7 Å². The van der Waals surface area contributed by atoms with Crippen molar-refractivity contribution in [3.05, 3.63) is 71.8 Å². The number of rotatable bonds is 5. The second kappa shape index (κ2) is 6.88. The second-order valence-corrected chi connectivity index (χ2v) is 6.00. The normalized spacial score (nSPS) is 21.8. The van der Waals surface area contributed by atoms with Crippen molar-refractivity contribution >= 4 is 0 Å². The Balaban J connectivity index is 1.74. The van der Waals surface area contributed by atoms with Crippen LogP contribution in [0.2, 0.25) is 0 Å². The van der Waals surface area contributed by atoms with Crippen molar-refractivity contribution in [3.8, 4) is 0 Å². The van der Waals surface area contributed by atoms with Crippen molar-refractivity contribution in [2.75, 3.05) is 0 Å². The molecule has 0 aliphatic heterocycles. The molecule has 0 radical (unpaired) electrons. The maximum Gasteiger partial charge on any atom is 0.0555 e. The Hall–Kier alpha value is -1.64. The van der Waals surface area contributed by atoms with E-state index in [2.05, 4.69) is 65.6 Å². The lowest BCUT2D eigenvalue weighted by atomic mass is 10.1. The zero-order chi connectivity index (χ0) is 14.5. The van der Waals surface area contributed by atoms with Crippen LogP contribution in [0.5, 0.6) is 0 Å². The standard InChI is InChI=1S/C19H23NO/c21-19-12-11-18(13-19)20(14-16-7-3-1-4-8-16)15-17-9-5-2-6-10-17/h1-10,18-19,21H,11-15H2/t18?,19-/m1/s1. The lowest BCUT2D eigenvalue weighted by molar-refractivity contribution is 0.142. The van der Waals surface area contributed by atoms with Crippen molar-refractivity contribution < 1.29 is 5.11 Å². The summed E-state index contributed by atoms with van der Waals surface area (Å²) in [5.41, 5.74) is 2.68. The summed E-state index contributed by atoms with van der Waals surface area (Å²) in [6.07, 6.45) is 2.81. The molecule has 2 atom stereocenters. The molecule has 2 aromatic rings. The number of aliphatic hydroxyl groups is 1. The molecule has 3 rings (SSSR count). The largest absolute Gasteiger partial charge is 0.393 e. The lowest BCUT2D eigenvalue weighted by Crippen LogP contribution is -2.33. The molecule has 0 heterocycles. The third-order valence-electron chi connectivity index (χ3n) is 4.35. The minimum atomic E-state index is -0.121. The molecule has 1 aliphatic carbocycles. The number of hydrogen-bond donors (Lipinski definition) is 1. The van der Waals surface area contributed by atoms with Crippen LogP contribution in [0, 0.1) is 0 Å². The molecule has 2 aromatic carbocycles. The van der Waals surface area contributed by atoms with Gasteiger partial charge in [-0.3, -0.25) is 4.90 Å². The van der Waals surface area contributed by atoms with Gasteiger partial charge in [-0.25, -0.2) is 0 Å². The van der Waals surface area contributed by atoms with Gasteiger partial charge < -0.3 is 5.11 Å². The summed E-state index contributed by atoms with van der Waals surface area (Å²) in [6.45, 7) is 1.90. The Morgan fingerprint density at radius 2 is 1.33 bits per heavy atom. The highest BCUT2D eigenvalue weighted by Gasteiger charge is 2.28. The summed E-state index contributed by atoms with van der Waals surface area (Å²) < 4.78 is 0. The molecule has 1 aliphatic rings. The van der Waals surface area contributed by atoms with Crippen LogP contribution in [-0.2, 0) is 13.1 Å². The van der Waals surface area contributed by atoms with Gasteiger partial charge in [-0.2, -0.15) is 0 Å². The van der Waals surface area contributed by atoms with E-state index in [-0.39, 0.29) is 6.10 Å². The Kier molecular flexibility index (Phi) is 4.69. The van der Waals surface area contributed by atoms with Crippen molar-refractivity contribution in [1.82, 2.24) is 4.90 Å². The number of benzene rings is 2. The fourth-order valence-corrected chi connectivity index (χ4v) is 3.22. The third-order valence-corrected chi connectivity index (χ3v) is 4.35. The maximum absolute atomic E-state index is 9.85. The summed E-state index contributed by atoms with van der Waals surface area (Å²) in [4.78, 5) is 2.51. The average Bonchev–Trinajstić information content (AvgIpc) is 2.95. The van der Waals surface area contributed by atoms with E-state index < -0.39 is 0 Å². The van der Waals surface area contributed by atoms with E-state index in [0.29, 0.717) is 6.04 Å². The quantitative estimate of drug-likeness (QED) is 0.905. The molecule has 21 heavy (non-hydrogen) atoms. The van der Waals surface area contributed by atoms with E-state index in [4.69, 9.17) is 0 Å². The van der Waals surface area contributed by atoms with Crippen molar-refractivity contribution in [2.45, 2.75) is 44.5 Å². The molecule has 0 bridgehead atoms. The van der Waals surface area contributed by atoms with Crippen LogP contribution in [0.3, 0.4) is 0 Å². The summed E-state index contributed by atoms with van der Waals surface area (Å²) in [5, 5.41) is 9.85. The Morgan fingerprint density at radius 1 is 0.810 bits per heavy atom. The molecule has 0 amide bonds. The van der Waals surface area contributed by atoms with E-state index in [0.717, 1.165) is 32.4 Å². The molecule has 2 nitrogen and oxygen atoms in total. The van der Waals surface area contributed by atoms with Crippen molar-refractivity contribution in [1.29, 1.82) is 0 Å². The van der Waals surface area contributed by atoms with Gasteiger partial charge in [0.1, 0.15) is 0 Å². The smallest absolute Gasteiger partial charge is 0.0555 e. The van der Waals surface area contributed by atoms with E-state index in [1.807, 2.05) is 0 Å². The van der Waals surface area contributed by atoms with Gasteiger partial charge in [0.15, 0.2) is 0 Å². The van der Waals surface area contributed by atoms with Crippen molar-refractivity contribution in [3.63, 3.8) is 0 Å². The van der Waals surface area contributed by atoms with E-state index in [9.17, 15) is 5.11 Å². The van der Waals surface area contributed by atoms with Crippen LogP contribution in [0.25, 0.3) is 0 Å². The average molecular weight is 281 g/mol. The monoisotopic (exact) mass is 281 g/mol. The van der Waals surface area contributed by atoms with Gasteiger partial charge in [0.2, 0.25) is 0 Å². The first kappa shape index (κ1) is 14.3. The molecule has 1 fully saturated rings. The zero-order valence-corrected chi connectivity index (χ0v) is 12.4. The Morgan fingerprint density at radius 3 is 1.76 bits per heavy atom. The second-order valence-electron chi connectivity index (χ2n) is 6.00. The molecule has 2 heteroatoms. The van der Waals surface area contributed by atoms with Crippen LogP contribution in [0.15, 0.2) is 60.7 Å². The highest BCUT2D eigenvalue weighted by molar-refractivity contribution is 5.17. The van der Waals surface area contributed by atoms with Gasteiger partial charge in [-0.05, 0) is 30.4 Å². The minimum Gasteiger partial charge on any atom is -0.393 e. The first-order valence-electron chi connectivity index (χ1n) is 7.81. The summed E-state index contributed by atoms with van der Waals surface area (Å²) >= 11 is 0. The highest BCUT2D eigenvalue weighted by Crippen LogP contribution is 2.27. The summed E-state index contributed by atoms with van der Waals surface area (Å²) in [6, 6.07) is 21.7. The highest BCUT2D eigenvalue weighted by atomic mass is 16.3. The maximum atomic E-state index is 9.85. The number of hydrogen-bond acceptors (Lipinski definition) is 2. The molecule has 0 spiro atoms. The van der Waals surface area contributed by atoms with Gasteiger partial charge in [-0.15, -0.1) is 0 Å². The zero-order valence-electron chi connectivity index (χ0n) is 12.4. The Labute approximate surface area is 127 Å². The number of aliphatic hydroxyl groups excluding tert-OH is 1. The predicted molar refractivity (Wildman–Crippen MR) is 85.8 cm³/mol. The fourth-order valence-electron chi connectivity index (χ4n) is 3.22. The topological polar surface area (TPSA) is 23.5 Å². The first-order valence-corrected chi connectivity index (χ1v) is 7.81. The SMILES string of the molecule is O[C@@H]1CCC(N(Cc2ccccc2)Cc2ccccc2)C1. The minimum absolute atomic E-state index is 0.121. The molecular weight excluding hydrogens is 258 g/mol. The molecule has 0 aromatic heterocycles. The van der Waals surface area contributed by atoms with E-state index in [1.54, 1.807) is 0 Å². The Bertz CT molecular complexity index is 499. The van der Waals surface area contributed by atoms with Gasteiger partial charge in [0.25, 0.3) is 0 Å². The molecule has 1 saturated carbocycles. The lowest BCUT2D eigenvalue weighted by Gasteiger charge is -2.29. The van der Waals surface area contributed by atoms with Gasteiger partial charge in [0.05, 0.1) is 6.10 Å². The van der Waals surface area contributed by atoms with Gasteiger partial charge in [0, 0.05) is 19.1 Å². The van der Waals surface area contributed by atoms with E-state index >= 15 is 0 Å². The van der Waals surface area contributed by atoms with E-state index in [1.165, 1.54) is 11.1 Å². The third kappa shape index (κ3) is 3.93. The van der Waals surface area contributed by atoms with Crippen LogP contribution in [-0.4, -0.2) is 22.2 Å². The molecule has 1 N–H and O–H groups in total.